The lowest BCUT2D eigenvalue weighted by atomic mass is 10.1. The van der Waals surface area contributed by atoms with Crippen molar-refractivity contribution in [2.75, 3.05) is 25.6 Å². The van der Waals surface area contributed by atoms with Crippen LogP contribution in [0.25, 0.3) is 11.2 Å². The minimum Gasteiger partial charge on any atom is -0.394 e. The van der Waals surface area contributed by atoms with Crippen molar-refractivity contribution in [2.24, 2.45) is 5.73 Å². The lowest BCUT2D eigenvalue weighted by Gasteiger charge is -2.17. The van der Waals surface area contributed by atoms with Gasteiger partial charge in [-0.1, -0.05) is 0 Å². The number of hydrogen-bond acceptors (Lipinski definition) is 8. The second-order valence-corrected chi connectivity index (χ2v) is 5.23. The molecular weight excluding hydrogens is 276 g/mol. The molecule has 0 saturated carbocycles. The van der Waals surface area contributed by atoms with Gasteiger partial charge in [0.05, 0.1) is 19.0 Å². The van der Waals surface area contributed by atoms with E-state index in [2.05, 4.69) is 15.0 Å². The third-order valence-corrected chi connectivity index (χ3v) is 3.65. The molecular formula is C12H18N6O3. The van der Waals surface area contributed by atoms with Crippen LogP contribution in [0, 0.1) is 0 Å². The number of ether oxygens (including phenoxy) is 1. The first-order valence-corrected chi connectivity index (χ1v) is 6.59. The number of hydrogen-bond donors (Lipinski definition) is 3. The summed E-state index contributed by atoms with van der Waals surface area (Å²) >= 11 is 0. The molecule has 1 aliphatic rings. The van der Waals surface area contributed by atoms with Crippen LogP contribution in [0.3, 0.4) is 0 Å². The van der Waals surface area contributed by atoms with E-state index in [1.54, 1.807) is 4.57 Å². The molecule has 0 bridgehead atoms. The smallest absolute Gasteiger partial charge is 0.167 e. The number of aliphatic hydroxyl groups is 2. The van der Waals surface area contributed by atoms with Gasteiger partial charge in [-0.05, 0) is 0 Å². The van der Waals surface area contributed by atoms with Gasteiger partial charge in [0.25, 0.3) is 0 Å². The maximum absolute atomic E-state index is 10.2. The lowest BCUT2D eigenvalue weighted by molar-refractivity contribution is -0.0488. The van der Waals surface area contributed by atoms with Crippen LogP contribution in [0.2, 0.25) is 0 Å². The van der Waals surface area contributed by atoms with E-state index in [9.17, 15) is 10.2 Å². The van der Waals surface area contributed by atoms with Crippen molar-refractivity contribution in [1.29, 1.82) is 0 Å². The number of rotatable bonds is 3. The summed E-state index contributed by atoms with van der Waals surface area (Å²) in [4.78, 5) is 14.5. The van der Waals surface area contributed by atoms with Crippen LogP contribution in [0.15, 0.2) is 12.7 Å². The van der Waals surface area contributed by atoms with E-state index in [0.29, 0.717) is 17.0 Å². The summed E-state index contributed by atoms with van der Waals surface area (Å²) in [7, 11) is 3.72. The zero-order valence-corrected chi connectivity index (χ0v) is 11.8. The molecule has 0 spiro atoms. The van der Waals surface area contributed by atoms with Crippen LogP contribution in [-0.4, -0.2) is 68.7 Å². The first-order valence-electron chi connectivity index (χ1n) is 6.59. The Morgan fingerprint density at radius 1 is 1.38 bits per heavy atom. The van der Waals surface area contributed by atoms with Crippen molar-refractivity contribution in [3.05, 3.63) is 12.7 Å². The van der Waals surface area contributed by atoms with E-state index in [0.717, 1.165) is 0 Å². The highest BCUT2D eigenvalue weighted by Gasteiger charge is 2.42. The van der Waals surface area contributed by atoms with Crippen LogP contribution >= 0.6 is 0 Å². The van der Waals surface area contributed by atoms with Crippen molar-refractivity contribution in [2.45, 2.75) is 24.5 Å². The molecule has 9 heteroatoms. The maximum atomic E-state index is 10.2. The van der Waals surface area contributed by atoms with E-state index in [-0.39, 0.29) is 6.61 Å². The molecule has 0 aromatic carbocycles. The first-order chi connectivity index (χ1) is 10.0. The normalized spacial score (nSPS) is 29.2. The van der Waals surface area contributed by atoms with Crippen LogP contribution in [-0.2, 0) is 4.74 Å². The molecule has 4 N–H and O–H groups in total. The van der Waals surface area contributed by atoms with Crippen LogP contribution in [0.4, 0.5) is 5.82 Å². The predicted molar refractivity (Wildman–Crippen MR) is 74.6 cm³/mol. The zero-order chi connectivity index (χ0) is 15.1. The fraction of sp³-hybridized carbons (Fsp3) is 0.583. The molecule has 3 heterocycles. The molecule has 0 aliphatic carbocycles. The molecule has 0 unspecified atom stereocenters. The number of nitrogens with two attached hydrogens (primary N) is 1. The van der Waals surface area contributed by atoms with Crippen molar-refractivity contribution in [1.82, 2.24) is 19.5 Å². The summed E-state index contributed by atoms with van der Waals surface area (Å²) in [6.07, 6.45) is 0.676. The van der Waals surface area contributed by atoms with Crippen LogP contribution < -0.4 is 10.6 Å². The molecule has 21 heavy (non-hydrogen) atoms. The number of nitrogens with zero attached hydrogens (tertiary/aromatic N) is 5. The van der Waals surface area contributed by atoms with Gasteiger partial charge in [-0.15, -0.1) is 0 Å². The Morgan fingerprint density at radius 2 is 2.14 bits per heavy atom. The fourth-order valence-corrected chi connectivity index (χ4v) is 2.51. The second kappa shape index (κ2) is 5.19. The third-order valence-electron chi connectivity index (χ3n) is 3.65. The molecule has 2 aromatic heterocycles. The number of fused-ring (bicyclic) bond motifs is 1. The van der Waals surface area contributed by atoms with Gasteiger partial charge >= 0.3 is 0 Å². The van der Waals surface area contributed by atoms with Crippen molar-refractivity contribution in [3.8, 4) is 0 Å². The molecule has 0 radical (unpaired) electrons. The van der Waals surface area contributed by atoms with Gasteiger partial charge in [0.15, 0.2) is 23.2 Å². The van der Waals surface area contributed by atoms with E-state index in [1.807, 2.05) is 19.0 Å². The Kier molecular flexibility index (Phi) is 3.49. The molecule has 9 nitrogen and oxygen atoms in total. The summed E-state index contributed by atoms with van der Waals surface area (Å²) < 4.78 is 7.23. The Balaban J connectivity index is 2.04. The quantitative estimate of drug-likeness (QED) is 0.623. The average molecular weight is 294 g/mol. The molecule has 114 valence electrons. The van der Waals surface area contributed by atoms with Gasteiger partial charge in [0.1, 0.15) is 18.5 Å². The van der Waals surface area contributed by atoms with Crippen molar-refractivity contribution < 1.29 is 14.9 Å². The minimum absolute atomic E-state index is 0.251. The van der Waals surface area contributed by atoms with Gasteiger partial charge in [-0.3, -0.25) is 4.57 Å². The minimum atomic E-state index is -0.947. The van der Waals surface area contributed by atoms with Gasteiger partial charge in [0.2, 0.25) is 0 Å². The van der Waals surface area contributed by atoms with Gasteiger partial charge in [-0.25, -0.2) is 15.0 Å². The van der Waals surface area contributed by atoms with Crippen LogP contribution in [0.1, 0.15) is 6.23 Å². The molecule has 2 aromatic rings. The summed E-state index contributed by atoms with van der Waals surface area (Å²) in [5.74, 6) is 0.675. The average Bonchev–Trinajstić information content (AvgIpc) is 3.01. The third kappa shape index (κ3) is 2.14. The van der Waals surface area contributed by atoms with Crippen LogP contribution in [0.5, 0.6) is 0 Å². The molecule has 1 aliphatic heterocycles. The zero-order valence-electron chi connectivity index (χ0n) is 11.8. The van der Waals surface area contributed by atoms with E-state index >= 15 is 0 Å². The van der Waals surface area contributed by atoms with E-state index in [1.165, 1.54) is 12.7 Å². The Labute approximate surface area is 121 Å². The number of aliphatic hydroxyl groups excluding tert-OH is 2. The summed E-state index contributed by atoms with van der Waals surface area (Å²) in [5.41, 5.74) is 7.00. The summed E-state index contributed by atoms with van der Waals surface area (Å²) in [5, 5.41) is 19.4. The number of imidazole rings is 1. The Bertz CT molecular complexity index is 645. The molecule has 3 rings (SSSR count). The second-order valence-electron chi connectivity index (χ2n) is 5.23. The number of aromatic nitrogens is 4. The largest absolute Gasteiger partial charge is 0.394 e. The highest BCUT2D eigenvalue weighted by atomic mass is 16.5. The lowest BCUT2D eigenvalue weighted by Crippen LogP contribution is -2.41. The van der Waals surface area contributed by atoms with Gasteiger partial charge in [-0.2, -0.15) is 0 Å². The molecule has 1 fully saturated rings. The maximum Gasteiger partial charge on any atom is 0.167 e. The highest BCUT2D eigenvalue weighted by molar-refractivity contribution is 5.83. The SMILES string of the molecule is CN(C)c1ncnc2c1ncn2[C@@H]1O[C@H](CO)[C@@H](N)[C@H]1O. The van der Waals surface area contributed by atoms with E-state index < -0.39 is 24.5 Å². The topological polar surface area (TPSA) is 123 Å². The first kappa shape index (κ1) is 14.1. The number of anilines is 1. The van der Waals surface area contributed by atoms with E-state index in [4.69, 9.17) is 10.5 Å². The molecule has 1 saturated heterocycles. The summed E-state index contributed by atoms with van der Waals surface area (Å²) in [6.45, 7) is -0.251. The highest BCUT2D eigenvalue weighted by Crippen LogP contribution is 2.31. The monoisotopic (exact) mass is 294 g/mol. The van der Waals surface area contributed by atoms with Crippen molar-refractivity contribution in [3.63, 3.8) is 0 Å². The Hall–Kier alpha value is -1.81. The molecule has 4 atom stereocenters. The molecule has 0 amide bonds. The Morgan fingerprint density at radius 3 is 2.76 bits per heavy atom. The standard InChI is InChI=1S/C12H18N6O3/c1-17(2)10-8-11(15-4-14-10)18(5-16-8)12-9(20)7(13)6(3-19)21-12/h4-7,9,12,19-20H,3,13H2,1-2H3/t6-,7-,9-,12-/m1/s1. The fourth-order valence-electron chi connectivity index (χ4n) is 2.51. The van der Waals surface area contributed by atoms with Crippen molar-refractivity contribution >= 4 is 17.0 Å². The van der Waals surface area contributed by atoms with Gasteiger partial charge < -0.3 is 25.6 Å². The summed E-state index contributed by atoms with van der Waals surface area (Å²) in [6, 6.07) is -0.660. The predicted octanol–water partition coefficient (Wildman–Crippen LogP) is -1.53. The van der Waals surface area contributed by atoms with Gasteiger partial charge in [0, 0.05) is 14.1 Å².